The molecular weight excluding hydrogens is 428 g/mol. The van der Waals surface area contributed by atoms with Crippen LogP contribution < -0.4 is 4.74 Å². The normalized spacial score (nSPS) is 17.4. The fourth-order valence-electron chi connectivity index (χ4n) is 4.26. The monoisotopic (exact) mass is 462 g/mol. The Bertz CT molecular complexity index is 1050. The van der Waals surface area contributed by atoms with E-state index in [1.807, 2.05) is 43.3 Å². The third-order valence-electron chi connectivity index (χ3n) is 6.17. The van der Waals surface area contributed by atoms with Crippen molar-refractivity contribution in [1.82, 2.24) is 9.80 Å². The molecule has 2 aromatic carbocycles. The van der Waals surface area contributed by atoms with Crippen LogP contribution in [0.5, 0.6) is 5.75 Å². The fraction of sp³-hybridized carbons (Fsp3) is 0.357. The number of aryl methyl sites for hydroxylation is 1. The predicted molar refractivity (Wildman–Crippen MR) is 135 cm³/mol. The summed E-state index contributed by atoms with van der Waals surface area (Å²) in [6.45, 7) is 13.3. The molecular formula is C28H34N2O4. The molecule has 0 radical (unpaired) electrons. The van der Waals surface area contributed by atoms with Gasteiger partial charge in [-0.25, -0.2) is 0 Å². The first-order valence-corrected chi connectivity index (χ1v) is 11.8. The number of likely N-dealkylation sites (tertiary alicyclic amines) is 1. The summed E-state index contributed by atoms with van der Waals surface area (Å²) in [4.78, 5) is 30.2. The van der Waals surface area contributed by atoms with E-state index in [-0.39, 0.29) is 11.3 Å². The van der Waals surface area contributed by atoms with E-state index in [0.29, 0.717) is 24.5 Å². The number of rotatable bonds is 11. The average Bonchev–Trinajstić information content (AvgIpc) is 3.10. The Labute approximate surface area is 202 Å². The molecule has 0 spiro atoms. The van der Waals surface area contributed by atoms with Gasteiger partial charge in [0.15, 0.2) is 0 Å². The fourth-order valence-corrected chi connectivity index (χ4v) is 4.26. The van der Waals surface area contributed by atoms with Crippen molar-refractivity contribution in [2.24, 2.45) is 0 Å². The summed E-state index contributed by atoms with van der Waals surface area (Å²) in [6.07, 6.45) is 2.38. The third kappa shape index (κ3) is 5.57. The van der Waals surface area contributed by atoms with Gasteiger partial charge in [-0.15, -0.1) is 0 Å². The smallest absolute Gasteiger partial charge is 0.295 e. The van der Waals surface area contributed by atoms with E-state index in [1.54, 1.807) is 23.1 Å². The van der Waals surface area contributed by atoms with Crippen LogP contribution in [-0.2, 0) is 9.59 Å². The number of nitrogens with zero attached hydrogens (tertiary/aromatic N) is 2. The molecule has 1 aliphatic heterocycles. The second kappa shape index (κ2) is 11.7. The highest BCUT2D eigenvalue weighted by molar-refractivity contribution is 6.46. The Balaban J connectivity index is 2.04. The number of hydrogen-bond acceptors (Lipinski definition) is 5. The molecule has 0 aromatic heterocycles. The van der Waals surface area contributed by atoms with Crippen LogP contribution in [0.1, 0.15) is 43.0 Å². The zero-order chi connectivity index (χ0) is 24.7. The molecule has 6 heteroatoms. The highest BCUT2D eigenvalue weighted by Crippen LogP contribution is 2.40. The number of carbonyl (C=O) groups excluding carboxylic acids is 2. The molecule has 34 heavy (non-hydrogen) atoms. The summed E-state index contributed by atoms with van der Waals surface area (Å²) in [5.74, 6) is -0.799. The molecule has 180 valence electrons. The minimum absolute atomic E-state index is 0.109. The lowest BCUT2D eigenvalue weighted by Gasteiger charge is -2.27. The maximum absolute atomic E-state index is 13.2. The Morgan fingerprint density at radius 2 is 1.85 bits per heavy atom. The first kappa shape index (κ1) is 25.2. The lowest BCUT2D eigenvalue weighted by Crippen LogP contribution is -2.33. The number of ether oxygens (including phenoxy) is 1. The average molecular weight is 463 g/mol. The number of aliphatic hydroxyl groups is 1. The summed E-state index contributed by atoms with van der Waals surface area (Å²) in [7, 11) is 0. The first-order chi connectivity index (χ1) is 16.4. The molecule has 1 amide bonds. The number of hydrogen-bond donors (Lipinski definition) is 1. The largest absolute Gasteiger partial charge is 0.507 e. The Morgan fingerprint density at radius 3 is 2.50 bits per heavy atom. The number of aliphatic hydroxyl groups excluding tert-OH is 1. The van der Waals surface area contributed by atoms with Gasteiger partial charge in [-0.3, -0.25) is 9.59 Å². The van der Waals surface area contributed by atoms with Crippen molar-refractivity contribution in [3.05, 3.63) is 83.4 Å². The van der Waals surface area contributed by atoms with E-state index in [2.05, 4.69) is 25.3 Å². The Morgan fingerprint density at radius 1 is 1.15 bits per heavy atom. The van der Waals surface area contributed by atoms with Crippen LogP contribution in [0.2, 0.25) is 0 Å². The van der Waals surface area contributed by atoms with Gasteiger partial charge in [0, 0.05) is 12.1 Å². The van der Waals surface area contributed by atoms with Gasteiger partial charge in [0.2, 0.25) is 0 Å². The minimum atomic E-state index is -0.690. The molecule has 0 bridgehead atoms. The van der Waals surface area contributed by atoms with Crippen LogP contribution in [0.3, 0.4) is 0 Å². The van der Waals surface area contributed by atoms with Crippen LogP contribution in [-0.4, -0.2) is 59.4 Å². The maximum Gasteiger partial charge on any atom is 0.295 e. The Hall–Kier alpha value is -3.38. The zero-order valence-corrected chi connectivity index (χ0v) is 20.3. The number of carbonyl (C=O) groups is 2. The summed E-state index contributed by atoms with van der Waals surface area (Å²) >= 11 is 0. The molecule has 1 aliphatic rings. The molecule has 6 nitrogen and oxygen atoms in total. The highest BCUT2D eigenvalue weighted by Gasteiger charge is 2.45. The van der Waals surface area contributed by atoms with Crippen molar-refractivity contribution in [1.29, 1.82) is 0 Å². The number of benzene rings is 2. The van der Waals surface area contributed by atoms with Gasteiger partial charge in [-0.2, -0.15) is 0 Å². The first-order valence-electron chi connectivity index (χ1n) is 11.8. The van der Waals surface area contributed by atoms with Crippen LogP contribution in [0.25, 0.3) is 5.76 Å². The maximum atomic E-state index is 13.2. The van der Waals surface area contributed by atoms with Crippen molar-refractivity contribution < 1.29 is 19.4 Å². The molecule has 2 aromatic rings. The van der Waals surface area contributed by atoms with E-state index >= 15 is 0 Å². The molecule has 1 heterocycles. The lowest BCUT2D eigenvalue weighted by molar-refractivity contribution is -0.140. The third-order valence-corrected chi connectivity index (χ3v) is 6.17. The summed E-state index contributed by atoms with van der Waals surface area (Å²) < 4.78 is 5.69. The zero-order valence-electron chi connectivity index (χ0n) is 20.3. The molecule has 1 N–H and O–H groups in total. The molecule has 0 saturated carbocycles. The standard InChI is InChI=1S/C28H34N2O4/c1-5-18-34-23-11-8-10-22(19-23)25-24(26(31)21-14-12-20(4)13-15-21)27(32)28(33)30(25)17-9-16-29(6-2)7-3/h5,8,10-15,19,25,31H,1,6-7,9,16-18H2,2-4H3/t25-/m0/s1. The van der Waals surface area contributed by atoms with Crippen molar-refractivity contribution in [2.75, 3.05) is 32.8 Å². The highest BCUT2D eigenvalue weighted by atomic mass is 16.5. The summed E-state index contributed by atoms with van der Waals surface area (Å²) in [5.41, 5.74) is 2.38. The van der Waals surface area contributed by atoms with Crippen molar-refractivity contribution in [2.45, 2.75) is 33.2 Å². The Kier molecular flexibility index (Phi) is 8.66. The quantitative estimate of drug-likeness (QED) is 0.227. The second-order valence-corrected chi connectivity index (χ2v) is 8.41. The van der Waals surface area contributed by atoms with Crippen molar-refractivity contribution in [3.63, 3.8) is 0 Å². The van der Waals surface area contributed by atoms with E-state index < -0.39 is 17.7 Å². The summed E-state index contributed by atoms with van der Waals surface area (Å²) in [6, 6.07) is 13.9. The molecule has 0 unspecified atom stereocenters. The second-order valence-electron chi connectivity index (χ2n) is 8.41. The van der Waals surface area contributed by atoms with E-state index in [9.17, 15) is 14.7 Å². The SMILES string of the molecule is C=CCOc1cccc([C@H]2C(=C(O)c3ccc(C)cc3)C(=O)C(=O)N2CCCN(CC)CC)c1. The van der Waals surface area contributed by atoms with Gasteiger partial charge in [0.25, 0.3) is 11.7 Å². The number of Topliss-reactive ketones (excluding diaryl/α,β-unsaturated/α-hetero) is 1. The minimum Gasteiger partial charge on any atom is -0.507 e. The van der Waals surface area contributed by atoms with Crippen LogP contribution in [0, 0.1) is 6.92 Å². The number of amides is 1. The van der Waals surface area contributed by atoms with Gasteiger partial charge in [-0.05, 0) is 50.7 Å². The van der Waals surface area contributed by atoms with E-state index in [1.165, 1.54) is 0 Å². The molecule has 0 aliphatic carbocycles. The molecule has 1 atom stereocenters. The topological polar surface area (TPSA) is 70.1 Å². The predicted octanol–water partition coefficient (Wildman–Crippen LogP) is 4.71. The van der Waals surface area contributed by atoms with Gasteiger partial charge < -0.3 is 19.6 Å². The van der Waals surface area contributed by atoms with Gasteiger partial charge >= 0.3 is 0 Å². The van der Waals surface area contributed by atoms with E-state index in [0.717, 1.165) is 37.2 Å². The van der Waals surface area contributed by atoms with Gasteiger partial charge in [-0.1, -0.05) is 68.5 Å². The molecule has 1 saturated heterocycles. The number of ketones is 1. The van der Waals surface area contributed by atoms with Gasteiger partial charge in [0.1, 0.15) is 18.1 Å². The molecule has 1 fully saturated rings. The lowest BCUT2D eigenvalue weighted by atomic mass is 9.95. The van der Waals surface area contributed by atoms with Crippen molar-refractivity contribution in [3.8, 4) is 5.75 Å². The summed E-state index contributed by atoms with van der Waals surface area (Å²) in [5, 5.41) is 11.2. The van der Waals surface area contributed by atoms with Crippen LogP contribution >= 0.6 is 0 Å². The van der Waals surface area contributed by atoms with Crippen molar-refractivity contribution >= 4 is 17.4 Å². The molecule has 3 rings (SSSR count). The van der Waals surface area contributed by atoms with E-state index in [4.69, 9.17) is 4.74 Å². The van der Waals surface area contributed by atoms with Crippen LogP contribution in [0.4, 0.5) is 0 Å². The van der Waals surface area contributed by atoms with Gasteiger partial charge in [0.05, 0.1) is 11.6 Å². The van der Waals surface area contributed by atoms with Crippen LogP contribution in [0.15, 0.2) is 66.8 Å².